The van der Waals surface area contributed by atoms with Crippen molar-refractivity contribution in [2.75, 3.05) is 6.54 Å². The number of nitrogens with zero attached hydrogens (tertiary/aromatic N) is 1. The predicted molar refractivity (Wildman–Crippen MR) is 40.7 cm³/mol. The number of amides is 1. The lowest BCUT2D eigenvalue weighted by atomic mass is 10.2. The summed E-state index contributed by atoms with van der Waals surface area (Å²) in [5, 5.41) is 0. The lowest BCUT2D eigenvalue weighted by Crippen LogP contribution is -2.32. The Morgan fingerprint density at radius 1 is 1.70 bits per heavy atom. The highest BCUT2D eigenvalue weighted by Crippen LogP contribution is 2.16. The van der Waals surface area contributed by atoms with Crippen LogP contribution in [0, 0.1) is 0 Å². The SMILES string of the molecule is CCC(=O)N1CCC[C@@H]1C. The zero-order valence-electron chi connectivity index (χ0n) is 6.76. The molecule has 0 saturated carbocycles. The van der Waals surface area contributed by atoms with E-state index in [0.717, 1.165) is 6.54 Å². The quantitative estimate of drug-likeness (QED) is 0.540. The molecule has 2 heteroatoms. The van der Waals surface area contributed by atoms with Gasteiger partial charge in [0.15, 0.2) is 0 Å². The fourth-order valence-electron chi connectivity index (χ4n) is 1.51. The van der Waals surface area contributed by atoms with Crippen LogP contribution in [-0.2, 0) is 4.79 Å². The van der Waals surface area contributed by atoms with Gasteiger partial charge in [0.1, 0.15) is 0 Å². The van der Waals surface area contributed by atoms with E-state index in [1.165, 1.54) is 12.8 Å². The van der Waals surface area contributed by atoms with Crippen molar-refractivity contribution >= 4 is 5.91 Å². The number of hydrogen-bond donors (Lipinski definition) is 0. The maximum Gasteiger partial charge on any atom is 0.222 e. The van der Waals surface area contributed by atoms with Gasteiger partial charge < -0.3 is 4.90 Å². The molecular formula is C8H15NO. The zero-order valence-corrected chi connectivity index (χ0v) is 6.76. The third kappa shape index (κ3) is 1.31. The van der Waals surface area contributed by atoms with Gasteiger partial charge in [-0.3, -0.25) is 4.79 Å². The van der Waals surface area contributed by atoms with Gasteiger partial charge in [-0.15, -0.1) is 0 Å². The van der Waals surface area contributed by atoms with Crippen molar-refractivity contribution in [3.8, 4) is 0 Å². The van der Waals surface area contributed by atoms with E-state index in [-0.39, 0.29) is 0 Å². The summed E-state index contributed by atoms with van der Waals surface area (Å²) in [5.41, 5.74) is 0. The summed E-state index contributed by atoms with van der Waals surface area (Å²) in [7, 11) is 0. The Hall–Kier alpha value is -0.530. The van der Waals surface area contributed by atoms with Gasteiger partial charge in [-0.1, -0.05) is 6.92 Å². The molecule has 1 aliphatic heterocycles. The molecule has 0 unspecified atom stereocenters. The molecule has 0 N–H and O–H groups in total. The first kappa shape index (κ1) is 7.58. The van der Waals surface area contributed by atoms with Gasteiger partial charge >= 0.3 is 0 Å². The summed E-state index contributed by atoms with van der Waals surface area (Å²) in [6.45, 7) is 5.03. The normalized spacial score (nSPS) is 25.4. The molecule has 58 valence electrons. The van der Waals surface area contributed by atoms with E-state index in [0.29, 0.717) is 18.4 Å². The van der Waals surface area contributed by atoms with Crippen LogP contribution in [0.3, 0.4) is 0 Å². The Kier molecular flexibility index (Phi) is 2.30. The average molecular weight is 141 g/mol. The highest BCUT2D eigenvalue weighted by Gasteiger charge is 2.23. The second kappa shape index (κ2) is 3.04. The van der Waals surface area contributed by atoms with Gasteiger partial charge in [0, 0.05) is 19.0 Å². The molecule has 1 heterocycles. The van der Waals surface area contributed by atoms with E-state index in [1.807, 2.05) is 11.8 Å². The molecule has 0 aromatic heterocycles. The van der Waals surface area contributed by atoms with E-state index < -0.39 is 0 Å². The molecule has 0 aromatic carbocycles. The molecule has 1 saturated heterocycles. The van der Waals surface area contributed by atoms with E-state index in [9.17, 15) is 4.79 Å². The van der Waals surface area contributed by atoms with Crippen molar-refractivity contribution in [1.29, 1.82) is 0 Å². The van der Waals surface area contributed by atoms with E-state index in [4.69, 9.17) is 0 Å². The van der Waals surface area contributed by atoms with Crippen LogP contribution in [0.25, 0.3) is 0 Å². The molecule has 0 spiro atoms. The molecule has 1 rings (SSSR count). The number of rotatable bonds is 1. The predicted octanol–water partition coefficient (Wildman–Crippen LogP) is 1.41. The molecular weight excluding hydrogens is 126 g/mol. The van der Waals surface area contributed by atoms with Crippen LogP contribution < -0.4 is 0 Å². The molecule has 2 nitrogen and oxygen atoms in total. The lowest BCUT2D eigenvalue weighted by molar-refractivity contribution is -0.131. The van der Waals surface area contributed by atoms with E-state index in [2.05, 4.69) is 6.92 Å². The zero-order chi connectivity index (χ0) is 7.56. The minimum absolute atomic E-state index is 0.310. The maximum absolute atomic E-state index is 11.2. The maximum atomic E-state index is 11.2. The van der Waals surface area contributed by atoms with Gasteiger partial charge in [-0.2, -0.15) is 0 Å². The summed E-state index contributed by atoms with van der Waals surface area (Å²) in [5.74, 6) is 0.310. The summed E-state index contributed by atoms with van der Waals surface area (Å²) in [4.78, 5) is 13.1. The lowest BCUT2D eigenvalue weighted by Gasteiger charge is -2.20. The molecule has 1 fully saturated rings. The average Bonchev–Trinajstić information content (AvgIpc) is 2.34. The van der Waals surface area contributed by atoms with Crippen molar-refractivity contribution in [2.45, 2.75) is 39.2 Å². The molecule has 0 aromatic rings. The molecule has 0 aliphatic carbocycles. The Balaban J connectivity index is 2.46. The first-order valence-electron chi connectivity index (χ1n) is 4.05. The highest BCUT2D eigenvalue weighted by atomic mass is 16.2. The third-order valence-corrected chi connectivity index (χ3v) is 2.18. The molecule has 0 bridgehead atoms. The highest BCUT2D eigenvalue weighted by molar-refractivity contribution is 5.76. The van der Waals surface area contributed by atoms with Crippen molar-refractivity contribution in [3.05, 3.63) is 0 Å². The second-order valence-electron chi connectivity index (χ2n) is 2.93. The standard InChI is InChI=1S/C8H15NO/c1-3-8(10)9-6-4-5-7(9)2/h7H,3-6H2,1-2H3/t7-/m0/s1. The third-order valence-electron chi connectivity index (χ3n) is 2.18. The summed E-state index contributed by atoms with van der Waals surface area (Å²) in [6.07, 6.45) is 3.03. The molecule has 1 aliphatic rings. The molecule has 1 amide bonds. The van der Waals surface area contributed by atoms with Gasteiger partial charge in [0.25, 0.3) is 0 Å². The summed E-state index contributed by atoms with van der Waals surface area (Å²) < 4.78 is 0. The topological polar surface area (TPSA) is 20.3 Å². The minimum Gasteiger partial charge on any atom is -0.340 e. The van der Waals surface area contributed by atoms with E-state index in [1.54, 1.807) is 0 Å². The fraction of sp³-hybridized carbons (Fsp3) is 0.875. The van der Waals surface area contributed by atoms with E-state index >= 15 is 0 Å². The Labute approximate surface area is 62.2 Å². The molecule has 1 atom stereocenters. The van der Waals surface area contributed by atoms with Gasteiger partial charge in [0.2, 0.25) is 5.91 Å². The van der Waals surface area contributed by atoms with Crippen molar-refractivity contribution in [3.63, 3.8) is 0 Å². The first-order chi connectivity index (χ1) is 4.75. The number of carbonyl (C=O) groups is 1. The first-order valence-corrected chi connectivity index (χ1v) is 4.05. The Bertz CT molecular complexity index is 133. The monoisotopic (exact) mass is 141 g/mol. The Morgan fingerprint density at radius 3 is 2.80 bits per heavy atom. The van der Waals surface area contributed by atoms with Gasteiger partial charge in [-0.25, -0.2) is 0 Å². The smallest absolute Gasteiger partial charge is 0.222 e. The van der Waals surface area contributed by atoms with Crippen LogP contribution in [-0.4, -0.2) is 23.4 Å². The summed E-state index contributed by atoms with van der Waals surface area (Å²) >= 11 is 0. The largest absolute Gasteiger partial charge is 0.340 e. The van der Waals surface area contributed by atoms with Crippen LogP contribution >= 0.6 is 0 Å². The number of likely N-dealkylation sites (tertiary alicyclic amines) is 1. The fourth-order valence-corrected chi connectivity index (χ4v) is 1.51. The van der Waals surface area contributed by atoms with Crippen molar-refractivity contribution in [1.82, 2.24) is 4.90 Å². The van der Waals surface area contributed by atoms with Crippen molar-refractivity contribution in [2.24, 2.45) is 0 Å². The van der Waals surface area contributed by atoms with Crippen LogP contribution in [0.2, 0.25) is 0 Å². The summed E-state index contributed by atoms with van der Waals surface area (Å²) in [6, 6.07) is 0.493. The minimum atomic E-state index is 0.310. The molecule has 10 heavy (non-hydrogen) atoms. The number of carbonyl (C=O) groups excluding carboxylic acids is 1. The van der Waals surface area contributed by atoms with Gasteiger partial charge in [0.05, 0.1) is 0 Å². The van der Waals surface area contributed by atoms with Gasteiger partial charge in [-0.05, 0) is 19.8 Å². The van der Waals surface area contributed by atoms with Crippen molar-refractivity contribution < 1.29 is 4.79 Å². The Morgan fingerprint density at radius 2 is 2.40 bits per heavy atom. The van der Waals surface area contributed by atoms with Crippen LogP contribution in [0.4, 0.5) is 0 Å². The van der Waals surface area contributed by atoms with Crippen LogP contribution in [0.15, 0.2) is 0 Å². The van der Waals surface area contributed by atoms with Crippen LogP contribution in [0.5, 0.6) is 0 Å². The van der Waals surface area contributed by atoms with Crippen LogP contribution in [0.1, 0.15) is 33.1 Å². The number of hydrogen-bond acceptors (Lipinski definition) is 1. The second-order valence-corrected chi connectivity index (χ2v) is 2.93. The molecule has 0 radical (unpaired) electrons.